The van der Waals surface area contributed by atoms with E-state index in [4.69, 9.17) is 9.97 Å². The summed E-state index contributed by atoms with van der Waals surface area (Å²) in [7, 11) is 7.94. The Kier molecular flexibility index (Phi) is 8.96. The predicted molar refractivity (Wildman–Crippen MR) is 176 cm³/mol. The minimum atomic E-state index is -0.936. The Hall–Kier alpha value is -3.11. The van der Waals surface area contributed by atoms with Crippen LogP contribution in [0.25, 0.3) is 0 Å². The van der Waals surface area contributed by atoms with Crippen molar-refractivity contribution in [3.05, 3.63) is 117 Å². The van der Waals surface area contributed by atoms with Crippen LogP contribution in [0, 0.1) is 23.8 Å². The van der Waals surface area contributed by atoms with Gasteiger partial charge in [0.15, 0.2) is 0 Å². The van der Waals surface area contributed by atoms with Gasteiger partial charge < -0.3 is 9.80 Å². The number of hydrogen-bond acceptors (Lipinski definition) is 4. The second-order valence-electron chi connectivity index (χ2n) is 14.7. The van der Waals surface area contributed by atoms with Gasteiger partial charge in [-0.15, -0.1) is 17.2 Å². The Bertz CT molecular complexity index is 1640. The second-order valence-corrected chi connectivity index (χ2v) is 14.7. The van der Waals surface area contributed by atoms with Crippen LogP contribution >= 0.6 is 0 Å². The van der Waals surface area contributed by atoms with E-state index >= 15 is 8.78 Å². The molecule has 0 N–H and O–H groups in total. The summed E-state index contributed by atoms with van der Waals surface area (Å²) in [5, 5.41) is 0. The Morgan fingerprint density at radius 3 is 1.20 bits per heavy atom. The molecule has 2 aromatic heterocycles. The maximum atomic E-state index is 15.9. The molecule has 2 aromatic carbocycles. The third kappa shape index (κ3) is 5.84. The summed E-state index contributed by atoms with van der Waals surface area (Å²) in [5.41, 5.74) is 4.48. The molecule has 0 fully saturated rings. The molecule has 1 aliphatic heterocycles. The zero-order valence-electron chi connectivity index (χ0n) is 28.5. The van der Waals surface area contributed by atoms with Gasteiger partial charge in [0, 0.05) is 72.9 Å². The Morgan fingerprint density at radius 2 is 0.867 bits per heavy atom. The number of anilines is 2. The van der Waals surface area contributed by atoms with Gasteiger partial charge in [-0.05, 0) is 24.3 Å². The minimum Gasteiger partial charge on any atom is -0.378 e. The van der Waals surface area contributed by atoms with Crippen molar-refractivity contribution in [3.63, 3.8) is 0 Å². The second kappa shape index (κ2) is 11.6. The average molecular weight is 790 g/mol. The minimum absolute atomic E-state index is 0. The number of halogens is 2. The summed E-state index contributed by atoms with van der Waals surface area (Å²) in [5.74, 6) is -1.30. The fourth-order valence-electron chi connectivity index (χ4n) is 5.97. The number of benzene rings is 2. The standard InChI is InChI=1S/C38H44F2N4.Pt/c1-35(2)23-14-13-15-24(16-23)36(3,4)32-18-26(44(11)12)20-34(42-32)38(7,8)28-21-27(29(39)22-30(28)40)37(5,6)33-19-25(43(9)10)17-31(35)41-33;/h13-15,17-20,22H,1-12H3;/q-2;+2. The van der Waals surface area contributed by atoms with Gasteiger partial charge in [-0.2, -0.15) is 41.5 Å². The van der Waals surface area contributed by atoms with E-state index in [1.807, 2.05) is 77.8 Å². The molecule has 0 saturated heterocycles. The SMILES string of the molecule is CN(C)c1cc2nc(c1)C(C)(C)c1[c-]c(c(F)cc1F)C(C)(C)c1cc(N(C)C)cc(n1)C(C)(C)c1[c-]c(ccc1)C2(C)C.[Pt+2]. The molecular weight excluding hydrogens is 746 g/mol. The number of fused-ring (bicyclic) bond motifs is 8. The Balaban J connectivity index is 0.00000461. The smallest absolute Gasteiger partial charge is 0.378 e. The van der Waals surface area contributed by atoms with Gasteiger partial charge in [0.25, 0.3) is 0 Å². The first-order valence-electron chi connectivity index (χ1n) is 15.1. The zero-order valence-corrected chi connectivity index (χ0v) is 30.8. The third-order valence-corrected chi connectivity index (χ3v) is 9.59. The maximum absolute atomic E-state index is 15.9. The molecule has 3 heterocycles. The van der Waals surface area contributed by atoms with Crippen LogP contribution in [0.1, 0.15) is 100 Å². The van der Waals surface area contributed by atoms with Crippen LogP contribution in [0.5, 0.6) is 0 Å². The maximum Gasteiger partial charge on any atom is 2.00 e. The molecule has 0 atom stereocenters. The van der Waals surface area contributed by atoms with Crippen molar-refractivity contribution in [2.75, 3.05) is 38.0 Å². The first-order chi connectivity index (χ1) is 20.3. The Labute approximate surface area is 282 Å². The molecule has 0 amide bonds. The fourth-order valence-corrected chi connectivity index (χ4v) is 5.97. The van der Waals surface area contributed by atoms with Gasteiger partial charge in [0.2, 0.25) is 0 Å². The van der Waals surface area contributed by atoms with Gasteiger partial charge >= 0.3 is 21.1 Å². The van der Waals surface area contributed by atoms with Crippen molar-refractivity contribution < 1.29 is 29.8 Å². The van der Waals surface area contributed by atoms with Crippen LogP contribution in [-0.4, -0.2) is 38.2 Å². The summed E-state index contributed by atoms with van der Waals surface area (Å²) in [6.07, 6.45) is 0. The van der Waals surface area contributed by atoms with Crippen LogP contribution < -0.4 is 9.80 Å². The molecular formula is C38H44F2N4Pt. The summed E-state index contributed by atoms with van der Waals surface area (Å²) in [6.45, 7) is 16.3. The van der Waals surface area contributed by atoms with E-state index < -0.39 is 33.3 Å². The molecule has 4 aromatic rings. The van der Waals surface area contributed by atoms with Crippen molar-refractivity contribution in [2.45, 2.75) is 77.0 Å². The molecule has 0 unspecified atom stereocenters. The molecule has 240 valence electrons. The molecule has 1 aliphatic rings. The van der Waals surface area contributed by atoms with E-state index in [1.54, 1.807) is 0 Å². The molecule has 4 nitrogen and oxygen atoms in total. The molecule has 0 radical (unpaired) electrons. The summed E-state index contributed by atoms with van der Waals surface area (Å²) >= 11 is 0. The van der Waals surface area contributed by atoms with E-state index in [1.165, 1.54) is 0 Å². The van der Waals surface area contributed by atoms with Crippen molar-refractivity contribution >= 4 is 11.4 Å². The third-order valence-electron chi connectivity index (χ3n) is 9.59. The number of rotatable bonds is 2. The van der Waals surface area contributed by atoms with E-state index in [0.29, 0.717) is 11.4 Å². The number of nitrogens with zero attached hydrogens (tertiary/aromatic N) is 4. The van der Waals surface area contributed by atoms with Gasteiger partial charge in [-0.25, -0.2) is 0 Å². The summed E-state index contributed by atoms with van der Waals surface area (Å²) in [6, 6.07) is 22.4. The summed E-state index contributed by atoms with van der Waals surface area (Å²) in [4.78, 5) is 14.5. The van der Waals surface area contributed by atoms with Gasteiger partial charge in [-0.3, -0.25) is 18.7 Å². The predicted octanol–water partition coefficient (Wildman–Crippen LogP) is 8.10. The first kappa shape index (κ1) is 34.8. The van der Waals surface area contributed by atoms with Gasteiger partial charge in [0.05, 0.1) is 22.8 Å². The van der Waals surface area contributed by atoms with Crippen LogP contribution in [-0.2, 0) is 42.7 Å². The molecule has 0 aliphatic carbocycles. The normalized spacial score (nSPS) is 17.2. The van der Waals surface area contributed by atoms with E-state index in [2.05, 4.69) is 70.2 Å². The fraction of sp³-hybridized carbons (Fsp3) is 0.421. The zero-order chi connectivity index (χ0) is 32.6. The van der Waals surface area contributed by atoms with Crippen molar-refractivity contribution in [2.24, 2.45) is 0 Å². The van der Waals surface area contributed by atoms with Crippen molar-refractivity contribution in [1.29, 1.82) is 0 Å². The quantitative estimate of drug-likeness (QED) is 0.192. The van der Waals surface area contributed by atoms with E-state index in [0.717, 1.165) is 40.0 Å². The molecule has 7 heteroatoms. The van der Waals surface area contributed by atoms with E-state index in [9.17, 15) is 0 Å². The monoisotopic (exact) mass is 789 g/mol. The first-order valence-corrected chi connectivity index (χ1v) is 15.1. The Morgan fingerprint density at radius 1 is 0.533 bits per heavy atom. The number of pyridine rings is 2. The molecule has 45 heavy (non-hydrogen) atoms. The van der Waals surface area contributed by atoms with Gasteiger partial charge in [0.1, 0.15) is 0 Å². The molecule has 8 bridgehead atoms. The number of aromatic nitrogens is 2. The summed E-state index contributed by atoms with van der Waals surface area (Å²) < 4.78 is 31.7. The van der Waals surface area contributed by atoms with Gasteiger partial charge in [-0.1, -0.05) is 55.4 Å². The van der Waals surface area contributed by atoms with E-state index in [-0.39, 0.29) is 32.2 Å². The topological polar surface area (TPSA) is 32.3 Å². The largest absolute Gasteiger partial charge is 2.00 e. The number of hydrogen-bond donors (Lipinski definition) is 0. The molecule has 5 rings (SSSR count). The molecule has 0 saturated carbocycles. The molecule has 0 spiro atoms. The van der Waals surface area contributed by atoms with Crippen molar-refractivity contribution in [3.8, 4) is 0 Å². The average Bonchev–Trinajstić information content (AvgIpc) is 2.95. The van der Waals surface area contributed by atoms with Crippen LogP contribution in [0.4, 0.5) is 20.2 Å². The van der Waals surface area contributed by atoms with Crippen LogP contribution in [0.2, 0.25) is 0 Å². The van der Waals surface area contributed by atoms with Crippen LogP contribution in [0.15, 0.2) is 48.5 Å². The van der Waals surface area contributed by atoms with Crippen LogP contribution in [0.3, 0.4) is 0 Å². The van der Waals surface area contributed by atoms with Crippen molar-refractivity contribution in [1.82, 2.24) is 9.97 Å².